The largest absolute Gasteiger partial charge is 0.481 e. The van der Waals surface area contributed by atoms with Gasteiger partial charge in [0, 0.05) is 19.5 Å². The van der Waals surface area contributed by atoms with Crippen LogP contribution in [0.4, 0.5) is 0 Å². The third-order valence-electron chi connectivity index (χ3n) is 3.76. The van der Waals surface area contributed by atoms with Crippen molar-refractivity contribution in [3.05, 3.63) is 0 Å². The second-order valence-corrected chi connectivity index (χ2v) is 4.69. The summed E-state index contributed by atoms with van der Waals surface area (Å²) < 4.78 is 0. The van der Waals surface area contributed by atoms with E-state index < -0.39 is 11.4 Å². The molecule has 1 saturated heterocycles. The van der Waals surface area contributed by atoms with Crippen molar-refractivity contribution in [2.24, 2.45) is 5.41 Å². The van der Waals surface area contributed by atoms with Gasteiger partial charge in [0.05, 0.1) is 5.41 Å². The molecule has 0 aromatic rings. The summed E-state index contributed by atoms with van der Waals surface area (Å²) in [5.74, 6) is -0.701. The Kier molecular flexibility index (Phi) is 2.44. The molecule has 0 aromatic carbocycles. The molecule has 1 saturated carbocycles. The molecule has 4 nitrogen and oxygen atoms in total. The zero-order chi connectivity index (χ0) is 11.1. The molecule has 1 heterocycles. The fourth-order valence-electron chi connectivity index (χ4n) is 2.71. The van der Waals surface area contributed by atoms with Crippen molar-refractivity contribution in [3.63, 3.8) is 0 Å². The third-order valence-corrected chi connectivity index (χ3v) is 3.76. The van der Waals surface area contributed by atoms with E-state index >= 15 is 0 Å². The second-order valence-electron chi connectivity index (χ2n) is 4.69. The number of amides is 1. The number of carbonyl (C=O) groups excluding carboxylic acids is 1. The van der Waals surface area contributed by atoms with Gasteiger partial charge >= 0.3 is 5.97 Å². The minimum atomic E-state index is -0.722. The van der Waals surface area contributed by atoms with Gasteiger partial charge in [-0.3, -0.25) is 9.59 Å². The van der Waals surface area contributed by atoms with Gasteiger partial charge in [-0.1, -0.05) is 0 Å². The monoisotopic (exact) mass is 211 g/mol. The lowest BCUT2D eigenvalue weighted by atomic mass is 9.87. The van der Waals surface area contributed by atoms with Crippen molar-refractivity contribution in [2.45, 2.75) is 45.1 Å². The Labute approximate surface area is 89.3 Å². The van der Waals surface area contributed by atoms with Gasteiger partial charge in [-0.05, 0) is 32.1 Å². The zero-order valence-corrected chi connectivity index (χ0v) is 9.03. The van der Waals surface area contributed by atoms with E-state index in [0.29, 0.717) is 0 Å². The number of aliphatic carboxylic acids is 1. The van der Waals surface area contributed by atoms with Gasteiger partial charge in [0.2, 0.25) is 5.91 Å². The molecule has 1 unspecified atom stereocenters. The maximum Gasteiger partial charge on any atom is 0.311 e. The van der Waals surface area contributed by atoms with Crippen LogP contribution in [0.25, 0.3) is 0 Å². The summed E-state index contributed by atoms with van der Waals surface area (Å²) in [5, 5.41) is 9.22. The highest BCUT2D eigenvalue weighted by Crippen LogP contribution is 2.53. The lowest BCUT2D eigenvalue weighted by molar-refractivity contribution is -0.149. The van der Waals surface area contributed by atoms with E-state index in [1.165, 1.54) is 6.92 Å². The number of likely N-dealkylation sites (tertiary alicyclic amines) is 1. The summed E-state index contributed by atoms with van der Waals surface area (Å²) in [6.45, 7) is 2.27. The molecule has 0 radical (unpaired) electrons. The molecule has 1 atom stereocenters. The first-order chi connectivity index (χ1) is 7.08. The molecular weight excluding hydrogens is 194 g/mol. The van der Waals surface area contributed by atoms with Crippen LogP contribution in [-0.4, -0.2) is 34.5 Å². The highest BCUT2D eigenvalue weighted by Gasteiger charge is 2.58. The first-order valence-electron chi connectivity index (χ1n) is 5.58. The number of rotatable bonds is 2. The highest BCUT2D eigenvalue weighted by molar-refractivity contribution is 5.81. The maximum atomic E-state index is 11.4. The van der Waals surface area contributed by atoms with Crippen molar-refractivity contribution >= 4 is 11.9 Å². The van der Waals surface area contributed by atoms with Gasteiger partial charge in [-0.2, -0.15) is 0 Å². The van der Waals surface area contributed by atoms with Crippen molar-refractivity contribution < 1.29 is 14.7 Å². The van der Waals surface area contributed by atoms with E-state index in [4.69, 9.17) is 0 Å². The number of piperidine rings is 1. The molecule has 2 aliphatic rings. The van der Waals surface area contributed by atoms with Crippen LogP contribution in [0.1, 0.15) is 39.0 Å². The van der Waals surface area contributed by atoms with Crippen LogP contribution in [0.2, 0.25) is 0 Å². The quantitative estimate of drug-likeness (QED) is 0.748. The number of carbonyl (C=O) groups is 2. The summed E-state index contributed by atoms with van der Waals surface area (Å²) in [7, 11) is 0. The average Bonchev–Trinajstić information content (AvgIpc) is 2.98. The first kappa shape index (κ1) is 10.5. The number of carboxylic acids is 1. The first-order valence-corrected chi connectivity index (χ1v) is 5.58. The van der Waals surface area contributed by atoms with Crippen LogP contribution in [0.5, 0.6) is 0 Å². The summed E-state index contributed by atoms with van der Waals surface area (Å²) in [6, 6.07) is -0.0544. The highest BCUT2D eigenvalue weighted by atomic mass is 16.4. The third kappa shape index (κ3) is 1.62. The van der Waals surface area contributed by atoms with Crippen molar-refractivity contribution in [1.82, 2.24) is 4.90 Å². The van der Waals surface area contributed by atoms with Crippen LogP contribution < -0.4 is 0 Å². The zero-order valence-electron chi connectivity index (χ0n) is 9.03. The normalized spacial score (nSPS) is 28.6. The fraction of sp³-hybridized carbons (Fsp3) is 0.818. The van der Waals surface area contributed by atoms with Gasteiger partial charge in [0.25, 0.3) is 0 Å². The summed E-state index contributed by atoms with van der Waals surface area (Å²) in [5.41, 5.74) is -0.605. The minimum Gasteiger partial charge on any atom is -0.481 e. The molecule has 0 spiro atoms. The minimum absolute atomic E-state index is 0.0206. The van der Waals surface area contributed by atoms with Gasteiger partial charge in [0.15, 0.2) is 0 Å². The average molecular weight is 211 g/mol. The van der Waals surface area contributed by atoms with Gasteiger partial charge in [0.1, 0.15) is 0 Å². The van der Waals surface area contributed by atoms with Gasteiger partial charge in [-0.25, -0.2) is 0 Å². The van der Waals surface area contributed by atoms with Crippen molar-refractivity contribution in [2.75, 3.05) is 6.54 Å². The molecule has 4 heteroatoms. The standard InChI is InChI=1S/C11H17NO3/c1-8(13)12-7-3-2-4-9(12)11(5-6-11)10(14)15/h9H,2-7H2,1H3,(H,14,15). The Morgan fingerprint density at radius 1 is 1.33 bits per heavy atom. The summed E-state index contributed by atoms with van der Waals surface area (Å²) in [6.07, 6.45) is 4.37. The topological polar surface area (TPSA) is 57.6 Å². The van der Waals surface area contributed by atoms with Crippen LogP contribution in [0, 0.1) is 5.41 Å². The van der Waals surface area contributed by atoms with Crippen molar-refractivity contribution in [1.29, 1.82) is 0 Å². The van der Waals surface area contributed by atoms with Crippen molar-refractivity contribution in [3.8, 4) is 0 Å². The van der Waals surface area contributed by atoms with Crippen LogP contribution >= 0.6 is 0 Å². The van der Waals surface area contributed by atoms with E-state index in [-0.39, 0.29) is 11.9 Å². The van der Waals surface area contributed by atoms with Gasteiger partial charge < -0.3 is 10.0 Å². The van der Waals surface area contributed by atoms with Gasteiger partial charge in [-0.15, -0.1) is 0 Å². The molecule has 0 bridgehead atoms. The van der Waals surface area contributed by atoms with E-state index in [2.05, 4.69) is 0 Å². The smallest absolute Gasteiger partial charge is 0.311 e. The Morgan fingerprint density at radius 3 is 2.47 bits per heavy atom. The molecule has 0 aromatic heterocycles. The molecule has 1 aliphatic heterocycles. The molecule has 1 amide bonds. The Balaban J connectivity index is 2.18. The molecule has 1 aliphatic carbocycles. The Morgan fingerprint density at radius 2 is 2.00 bits per heavy atom. The number of nitrogens with zero attached hydrogens (tertiary/aromatic N) is 1. The van der Waals surface area contributed by atoms with Crippen LogP contribution in [0.15, 0.2) is 0 Å². The lowest BCUT2D eigenvalue weighted by Crippen LogP contribution is -2.49. The molecule has 2 fully saturated rings. The van der Waals surface area contributed by atoms with E-state index in [0.717, 1.165) is 38.6 Å². The van der Waals surface area contributed by atoms with Crippen LogP contribution in [-0.2, 0) is 9.59 Å². The number of hydrogen-bond donors (Lipinski definition) is 1. The second kappa shape index (κ2) is 3.51. The van der Waals surface area contributed by atoms with Crippen LogP contribution in [0.3, 0.4) is 0 Å². The molecule has 1 N–H and O–H groups in total. The summed E-state index contributed by atoms with van der Waals surface area (Å²) in [4.78, 5) is 24.4. The molecule has 15 heavy (non-hydrogen) atoms. The van der Waals surface area contributed by atoms with E-state index in [1.54, 1.807) is 4.90 Å². The van der Waals surface area contributed by atoms with E-state index in [1.807, 2.05) is 0 Å². The number of carboxylic acid groups (broad SMARTS) is 1. The predicted octanol–water partition coefficient (Wildman–Crippen LogP) is 1.25. The maximum absolute atomic E-state index is 11.4. The SMILES string of the molecule is CC(=O)N1CCCCC1C1(C(=O)O)CC1. The summed E-state index contributed by atoms with van der Waals surface area (Å²) >= 11 is 0. The molecule has 84 valence electrons. The van der Waals surface area contributed by atoms with E-state index in [9.17, 15) is 14.7 Å². The number of hydrogen-bond acceptors (Lipinski definition) is 2. The Bertz CT molecular complexity index is 296. The Hall–Kier alpha value is -1.06. The molecule has 2 rings (SSSR count). The lowest BCUT2D eigenvalue weighted by Gasteiger charge is -2.38. The predicted molar refractivity (Wildman–Crippen MR) is 54.3 cm³/mol. The molecular formula is C11H17NO3. The fourth-order valence-corrected chi connectivity index (χ4v) is 2.71.